The molecule has 3 rings (SSSR count). The van der Waals surface area contributed by atoms with Crippen LogP contribution in [-0.4, -0.2) is 61.2 Å². The zero-order valence-corrected chi connectivity index (χ0v) is 20.4. The topological polar surface area (TPSA) is 90.6 Å². The monoisotopic (exact) mass is 463 g/mol. The number of nitrogens with zero attached hydrogens (tertiary/aromatic N) is 4. The minimum absolute atomic E-state index is 0.00177. The fraction of sp³-hybridized carbons (Fsp3) is 0.423. The highest BCUT2D eigenvalue weighted by Gasteiger charge is 2.19. The van der Waals surface area contributed by atoms with E-state index >= 15 is 0 Å². The molecule has 1 saturated heterocycles. The number of ether oxygens (including phenoxy) is 1. The number of hydrogen-bond acceptors (Lipinski definition) is 5. The first kappa shape index (κ1) is 25.1. The van der Waals surface area contributed by atoms with E-state index in [9.17, 15) is 14.9 Å². The van der Waals surface area contributed by atoms with Crippen molar-refractivity contribution < 1.29 is 14.3 Å². The molecular weight excluding hydrogens is 430 g/mol. The van der Waals surface area contributed by atoms with Crippen LogP contribution in [0.2, 0.25) is 0 Å². The number of nitriles is 1. The van der Waals surface area contributed by atoms with Crippen molar-refractivity contribution in [1.82, 2.24) is 9.47 Å². The largest absolute Gasteiger partial charge is 0.378 e. The average Bonchev–Trinajstić information content (AvgIpc) is 3.10. The standard InChI is InChI=1S/C26H33N5O3/c1-5-10-31-19(2)15-21(20(31)3)16-22(17-27)26(33)29(4)18-25(32)28-23-6-8-24(9-7-23)30-11-13-34-14-12-30/h6-9,15-16H,5,10-14,18H2,1-4H3,(H,28,32)/b22-16+. The molecule has 34 heavy (non-hydrogen) atoms. The van der Waals surface area contributed by atoms with Gasteiger partial charge in [0.15, 0.2) is 0 Å². The highest BCUT2D eigenvalue weighted by atomic mass is 16.5. The molecular formula is C26H33N5O3. The molecule has 8 nitrogen and oxygen atoms in total. The molecule has 1 fully saturated rings. The van der Waals surface area contributed by atoms with Gasteiger partial charge in [0.1, 0.15) is 11.6 Å². The van der Waals surface area contributed by atoms with Crippen molar-refractivity contribution in [2.45, 2.75) is 33.7 Å². The molecule has 0 atom stereocenters. The molecule has 0 spiro atoms. The Balaban J connectivity index is 1.61. The maximum absolute atomic E-state index is 12.8. The van der Waals surface area contributed by atoms with E-state index in [4.69, 9.17) is 4.74 Å². The quantitative estimate of drug-likeness (QED) is 0.479. The van der Waals surface area contributed by atoms with Gasteiger partial charge in [-0.15, -0.1) is 0 Å². The summed E-state index contributed by atoms with van der Waals surface area (Å²) >= 11 is 0. The third-order valence-electron chi connectivity index (χ3n) is 5.97. The molecule has 1 aromatic heterocycles. The Bertz CT molecular complexity index is 1090. The fourth-order valence-electron chi connectivity index (χ4n) is 4.11. The van der Waals surface area contributed by atoms with Gasteiger partial charge in [0, 0.05) is 49.4 Å². The van der Waals surface area contributed by atoms with Gasteiger partial charge in [-0.3, -0.25) is 9.59 Å². The molecule has 1 aliphatic heterocycles. The van der Waals surface area contributed by atoms with E-state index in [1.54, 1.807) is 6.08 Å². The van der Waals surface area contributed by atoms with Gasteiger partial charge in [0.2, 0.25) is 5.91 Å². The van der Waals surface area contributed by atoms with Gasteiger partial charge in [-0.2, -0.15) is 5.26 Å². The zero-order chi connectivity index (χ0) is 24.7. The molecule has 2 heterocycles. The number of hydrogen-bond donors (Lipinski definition) is 1. The van der Waals surface area contributed by atoms with Crippen molar-refractivity contribution >= 4 is 29.3 Å². The third kappa shape index (κ3) is 6.06. The second-order valence-electron chi connectivity index (χ2n) is 8.50. The highest BCUT2D eigenvalue weighted by Crippen LogP contribution is 2.20. The number of carbonyl (C=O) groups is 2. The van der Waals surface area contributed by atoms with Gasteiger partial charge in [0.05, 0.1) is 19.8 Å². The number of rotatable bonds is 8. The lowest BCUT2D eigenvalue weighted by molar-refractivity contribution is -0.129. The van der Waals surface area contributed by atoms with Crippen LogP contribution < -0.4 is 10.2 Å². The zero-order valence-electron chi connectivity index (χ0n) is 20.4. The van der Waals surface area contributed by atoms with Gasteiger partial charge in [-0.25, -0.2) is 0 Å². The second-order valence-corrected chi connectivity index (χ2v) is 8.50. The number of carbonyl (C=O) groups excluding carboxylic acids is 2. The molecule has 2 aromatic rings. The van der Waals surface area contributed by atoms with Crippen LogP contribution in [0.25, 0.3) is 6.08 Å². The van der Waals surface area contributed by atoms with Crippen molar-refractivity contribution in [3.8, 4) is 6.07 Å². The number of aryl methyl sites for hydroxylation is 1. The first-order chi connectivity index (χ1) is 16.3. The van der Waals surface area contributed by atoms with Crippen LogP contribution in [0.15, 0.2) is 35.9 Å². The first-order valence-electron chi connectivity index (χ1n) is 11.6. The fourth-order valence-corrected chi connectivity index (χ4v) is 4.11. The van der Waals surface area contributed by atoms with E-state index in [-0.39, 0.29) is 18.0 Å². The summed E-state index contributed by atoms with van der Waals surface area (Å²) in [6.07, 6.45) is 2.60. The number of aromatic nitrogens is 1. The summed E-state index contributed by atoms with van der Waals surface area (Å²) in [6.45, 7) is 9.94. The summed E-state index contributed by atoms with van der Waals surface area (Å²) in [5.41, 5.74) is 4.68. The lowest BCUT2D eigenvalue weighted by atomic mass is 10.1. The number of likely N-dealkylation sites (N-methyl/N-ethyl adjacent to an activating group) is 1. The van der Waals surface area contributed by atoms with E-state index < -0.39 is 5.91 Å². The van der Waals surface area contributed by atoms with Crippen molar-refractivity contribution in [3.63, 3.8) is 0 Å². The summed E-state index contributed by atoms with van der Waals surface area (Å²) in [4.78, 5) is 28.9. The van der Waals surface area contributed by atoms with Crippen LogP contribution in [0, 0.1) is 25.2 Å². The number of anilines is 2. The molecule has 0 bridgehead atoms. The third-order valence-corrected chi connectivity index (χ3v) is 5.97. The number of morpholine rings is 1. The minimum atomic E-state index is -0.486. The van der Waals surface area contributed by atoms with Crippen LogP contribution in [0.4, 0.5) is 11.4 Å². The van der Waals surface area contributed by atoms with Crippen molar-refractivity contribution in [2.24, 2.45) is 0 Å². The predicted octanol–water partition coefficient (Wildman–Crippen LogP) is 3.36. The molecule has 0 unspecified atom stereocenters. The van der Waals surface area contributed by atoms with E-state index in [0.29, 0.717) is 18.9 Å². The highest BCUT2D eigenvalue weighted by molar-refractivity contribution is 6.04. The molecule has 0 saturated carbocycles. The van der Waals surface area contributed by atoms with E-state index in [2.05, 4.69) is 21.7 Å². The Hall–Kier alpha value is -3.57. The molecule has 180 valence electrons. The summed E-state index contributed by atoms with van der Waals surface area (Å²) in [6, 6.07) is 11.6. The van der Waals surface area contributed by atoms with E-state index in [1.807, 2.05) is 50.2 Å². The number of nitrogens with one attached hydrogen (secondary N) is 1. The van der Waals surface area contributed by atoms with Crippen molar-refractivity contribution in [3.05, 3.63) is 52.9 Å². The summed E-state index contributed by atoms with van der Waals surface area (Å²) in [7, 11) is 1.52. The molecule has 1 aliphatic rings. The summed E-state index contributed by atoms with van der Waals surface area (Å²) < 4.78 is 7.55. The smallest absolute Gasteiger partial charge is 0.264 e. The summed E-state index contributed by atoms with van der Waals surface area (Å²) in [5.74, 6) is -0.811. The van der Waals surface area contributed by atoms with Gasteiger partial charge in [-0.1, -0.05) is 6.92 Å². The van der Waals surface area contributed by atoms with Crippen LogP contribution in [0.3, 0.4) is 0 Å². The Morgan fingerprint density at radius 1 is 1.21 bits per heavy atom. The van der Waals surface area contributed by atoms with Crippen LogP contribution >= 0.6 is 0 Å². The maximum atomic E-state index is 12.8. The van der Waals surface area contributed by atoms with Crippen LogP contribution in [0.1, 0.15) is 30.3 Å². The Kier molecular flexibility index (Phi) is 8.50. The van der Waals surface area contributed by atoms with Gasteiger partial charge >= 0.3 is 0 Å². The summed E-state index contributed by atoms with van der Waals surface area (Å²) in [5, 5.41) is 12.4. The number of benzene rings is 1. The molecule has 0 radical (unpaired) electrons. The Labute approximate surface area is 201 Å². The lowest BCUT2D eigenvalue weighted by Gasteiger charge is -2.28. The molecule has 2 amide bonds. The Morgan fingerprint density at radius 3 is 2.50 bits per heavy atom. The molecule has 0 aliphatic carbocycles. The van der Waals surface area contributed by atoms with E-state index in [0.717, 1.165) is 48.7 Å². The minimum Gasteiger partial charge on any atom is -0.378 e. The normalized spacial score (nSPS) is 14.0. The lowest BCUT2D eigenvalue weighted by Crippen LogP contribution is -2.36. The van der Waals surface area contributed by atoms with Crippen LogP contribution in [-0.2, 0) is 20.9 Å². The second kappa shape index (κ2) is 11.5. The SMILES string of the molecule is CCCn1c(C)cc(/C=C(\C#N)C(=O)N(C)CC(=O)Nc2ccc(N3CCOCC3)cc2)c1C. The van der Waals surface area contributed by atoms with Gasteiger partial charge in [0.25, 0.3) is 5.91 Å². The molecule has 1 aromatic carbocycles. The van der Waals surface area contributed by atoms with Crippen molar-refractivity contribution in [1.29, 1.82) is 5.26 Å². The average molecular weight is 464 g/mol. The van der Waals surface area contributed by atoms with Gasteiger partial charge in [-0.05, 0) is 62.2 Å². The van der Waals surface area contributed by atoms with Crippen LogP contribution in [0.5, 0.6) is 0 Å². The molecule has 1 N–H and O–H groups in total. The predicted molar refractivity (Wildman–Crippen MR) is 134 cm³/mol. The Morgan fingerprint density at radius 2 is 1.88 bits per heavy atom. The first-order valence-corrected chi connectivity index (χ1v) is 11.6. The maximum Gasteiger partial charge on any atom is 0.264 e. The number of amides is 2. The van der Waals surface area contributed by atoms with Crippen molar-refractivity contribution in [2.75, 3.05) is 50.1 Å². The van der Waals surface area contributed by atoms with Gasteiger partial charge < -0.3 is 24.4 Å². The molecule has 8 heteroatoms. The van der Waals surface area contributed by atoms with E-state index in [1.165, 1.54) is 11.9 Å².